The van der Waals surface area contributed by atoms with Gasteiger partial charge in [-0.3, -0.25) is 9.88 Å². The zero-order chi connectivity index (χ0) is 28.6. The first-order chi connectivity index (χ1) is 18.5. The fourth-order valence-electron chi connectivity index (χ4n) is 4.99. The molecule has 1 aromatic carbocycles. The molecule has 0 saturated heterocycles. The van der Waals surface area contributed by atoms with E-state index >= 15 is 0 Å². The molecule has 210 valence electrons. The van der Waals surface area contributed by atoms with E-state index < -0.39 is 11.7 Å². The van der Waals surface area contributed by atoms with E-state index in [0.29, 0.717) is 35.0 Å². The maximum Gasteiger partial charge on any atom is 0.413 e. The third kappa shape index (κ3) is 8.52. The first-order valence-electron chi connectivity index (χ1n) is 13.9. The number of aliphatic hydroxyl groups is 1. The van der Waals surface area contributed by atoms with Crippen molar-refractivity contribution in [2.24, 2.45) is 11.3 Å². The molecule has 0 unspecified atom stereocenters. The monoisotopic (exact) mass is 533 g/mol. The molecule has 8 nitrogen and oxygen atoms in total. The number of aryl methyl sites for hydroxylation is 1. The lowest BCUT2D eigenvalue weighted by molar-refractivity contribution is 0.0734. The van der Waals surface area contributed by atoms with Crippen LogP contribution in [0.3, 0.4) is 0 Å². The van der Waals surface area contributed by atoms with Gasteiger partial charge >= 0.3 is 6.09 Å². The highest BCUT2D eigenvalue weighted by atomic mass is 16.4. The molecule has 2 aliphatic rings. The van der Waals surface area contributed by atoms with Crippen LogP contribution < -0.4 is 9.80 Å². The number of carbonyl (C=O) groups is 1. The maximum atomic E-state index is 11.6. The summed E-state index contributed by atoms with van der Waals surface area (Å²) >= 11 is 0. The Morgan fingerprint density at radius 1 is 1.21 bits per heavy atom. The number of anilines is 2. The number of unbranched alkanes of at least 4 members (excludes halogenated alkanes) is 1. The molecule has 2 aliphatic carbocycles. The lowest BCUT2D eigenvalue weighted by Crippen LogP contribution is -2.36. The largest absolute Gasteiger partial charge is 0.465 e. The number of rotatable bonds is 8. The standard InChI is InChI=1S/C17H25N3O3.C14H18N2/c1-16(2,23)13-9-19-14(10-18-13)20(15(21)22)11-12-3-5-17(6-4-12)7-8-17;1-4-5-6-9-16(3)14-10-13(11-15)8-7-12(14)2/h9-10,12,23H,3-8,11H2,1-2H3,(H,21,22);6-10H,4-5H2,1-3H3/b;9-6+. The summed E-state index contributed by atoms with van der Waals surface area (Å²) in [7, 11) is 2.01. The second-order valence-corrected chi connectivity index (χ2v) is 11.6. The van der Waals surface area contributed by atoms with Crippen LogP contribution in [-0.4, -0.2) is 39.9 Å². The Morgan fingerprint density at radius 3 is 2.41 bits per heavy atom. The number of amides is 1. The van der Waals surface area contributed by atoms with Gasteiger partial charge in [-0.1, -0.05) is 25.5 Å². The van der Waals surface area contributed by atoms with Crippen LogP contribution in [0.25, 0.3) is 0 Å². The molecule has 1 aromatic heterocycles. The molecule has 1 spiro atoms. The summed E-state index contributed by atoms with van der Waals surface area (Å²) in [5.41, 5.74) is 2.94. The first-order valence-corrected chi connectivity index (χ1v) is 13.9. The number of allylic oxidation sites excluding steroid dienone is 1. The van der Waals surface area contributed by atoms with Crippen LogP contribution in [0, 0.1) is 29.6 Å². The average molecular weight is 534 g/mol. The first kappa shape index (κ1) is 30.1. The Morgan fingerprint density at radius 2 is 1.90 bits per heavy atom. The molecule has 2 fully saturated rings. The highest BCUT2D eigenvalue weighted by molar-refractivity contribution is 5.84. The van der Waals surface area contributed by atoms with E-state index in [1.807, 2.05) is 25.2 Å². The lowest BCUT2D eigenvalue weighted by Gasteiger charge is -2.31. The van der Waals surface area contributed by atoms with E-state index in [1.54, 1.807) is 13.8 Å². The van der Waals surface area contributed by atoms with Crippen molar-refractivity contribution < 1.29 is 15.0 Å². The average Bonchev–Trinajstić information content (AvgIpc) is 3.67. The minimum atomic E-state index is -1.08. The number of nitriles is 1. The van der Waals surface area contributed by atoms with Gasteiger partial charge in [0.1, 0.15) is 5.60 Å². The van der Waals surface area contributed by atoms with E-state index in [1.165, 1.54) is 48.5 Å². The smallest absolute Gasteiger partial charge is 0.413 e. The van der Waals surface area contributed by atoms with E-state index in [4.69, 9.17) is 5.26 Å². The molecular weight excluding hydrogens is 490 g/mol. The Balaban J connectivity index is 0.000000231. The van der Waals surface area contributed by atoms with Gasteiger partial charge in [0.25, 0.3) is 0 Å². The number of hydrogen-bond acceptors (Lipinski definition) is 6. The molecule has 0 atom stereocenters. The van der Waals surface area contributed by atoms with Crippen LogP contribution in [0.2, 0.25) is 0 Å². The fraction of sp³-hybridized carbons (Fsp3) is 0.548. The van der Waals surface area contributed by atoms with Crippen LogP contribution in [0.5, 0.6) is 0 Å². The number of benzene rings is 1. The van der Waals surface area contributed by atoms with Gasteiger partial charge in [0.15, 0.2) is 5.82 Å². The second kappa shape index (κ2) is 13.1. The van der Waals surface area contributed by atoms with Gasteiger partial charge in [-0.15, -0.1) is 0 Å². The normalized spacial score (nSPS) is 16.3. The molecule has 1 amide bonds. The van der Waals surface area contributed by atoms with Crippen molar-refractivity contribution in [1.29, 1.82) is 5.26 Å². The molecule has 1 heterocycles. The van der Waals surface area contributed by atoms with Gasteiger partial charge in [0, 0.05) is 19.3 Å². The summed E-state index contributed by atoms with van der Waals surface area (Å²) in [5, 5.41) is 28.3. The lowest BCUT2D eigenvalue weighted by atomic mass is 9.79. The minimum absolute atomic E-state index is 0.331. The SMILES string of the molecule is CC(C)(O)c1cnc(N(CC2CCC3(CC2)CC3)C(=O)O)cn1.CCC/C=C/N(C)c1cc(C#N)ccc1C. The summed E-state index contributed by atoms with van der Waals surface area (Å²) in [5.74, 6) is 0.727. The van der Waals surface area contributed by atoms with E-state index in [9.17, 15) is 15.0 Å². The molecule has 2 saturated carbocycles. The molecule has 0 bridgehead atoms. The second-order valence-electron chi connectivity index (χ2n) is 11.6. The van der Waals surface area contributed by atoms with Crippen molar-refractivity contribution >= 4 is 17.6 Å². The summed E-state index contributed by atoms with van der Waals surface area (Å²) in [6, 6.07) is 7.92. The molecule has 4 rings (SSSR count). The summed E-state index contributed by atoms with van der Waals surface area (Å²) in [6.45, 7) is 7.94. The minimum Gasteiger partial charge on any atom is -0.465 e. The summed E-state index contributed by atoms with van der Waals surface area (Å²) in [4.78, 5) is 23.3. The van der Waals surface area contributed by atoms with Crippen LogP contribution in [0.15, 0.2) is 42.9 Å². The van der Waals surface area contributed by atoms with Gasteiger partial charge < -0.3 is 15.1 Å². The van der Waals surface area contributed by atoms with Gasteiger partial charge in [-0.2, -0.15) is 5.26 Å². The van der Waals surface area contributed by atoms with Crippen molar-refractivity contribution in [3.05, 3.63) is 59.7 Å². The molecule has 0 radical (unpaired) electrons. The van der Waals surface area contributed by atoms with Crippen molar-refractivity contribution in [3.63, 3.8) is 0 Å². The van der Waals surface area contributed by atoms with Crippen molar-refractivity contribution in [1.82, 2.24) is 9.97 Å². The molecular formula is C31H43N5O3. The topological polar surface area (TPSA) is 114 Å². The third-order valence-electron chi connectivity index (χ3n) is 7.84. The molecule has 8 heteroatoms. The summed E-state index contributed by atoms with van der Waals surface area (Å²) < 4.78 is 0. The molecule has 0 aliphatic heterocycles. The summed E-state index contributed by atoms with van der Waals surface area (Å²) in [6.07, 6.45) is 15.7. The predicted molar refractivity (Wildman–Crippen MR) is 155 cm³/mol. The Labute approximate surface area is 233 Å². The van der Waals surface area contributed by atoms with Crippen LogP contribution in [-0.2, 0) is 5.60 Å². The van der Waals surface area contributed by atoms with Crippen LogP contribution in [0.1, 0.15) is 89.0 Å². The van der Waals surface area contributed by atoms with Gasteiger partial charge in [-0.25, -0.2) is 9.78 Å². The third-order valence-corrected chi connectivity index (χ3v) is 7.84. The molecule has 2 N–H and O–H groups in total. The number of nitrogens with zero attached hydrogens (tertiary/aromatic N) is 5. The van der Waals surface area contributed by atoms with E-state index in [2.05, 4.69) is 47.1 Å². The number of hydrogen-bond donors (Lipinski definition) is 2. The Hall–Kier alpha value is -3.44. The van der Waals surface area contributed by atoms with Crippen molar-refractivity contribution in [2.45, 2.75) is 84.7 Å². The maximum absolute atomic E-state index is 11.6. The Bertz CT molecular complexity index is 1170. The van der Waals surface area contributed by atoms with Gasteiger partial charge in [0.05, 0.1) is 29.7 Å². The molecule has 39 heavy (non-hydrogen) atoms. The number of aromatic nitrogens is 2. The van der Waals surface area contributed by atoms with Crippen molar-refractivity contribution in [3.8, 4) is 6.07 Å². The number of carboxylic acid groups (broad SMARTS) is 1. The Kier molecular flexibility index (Phi) is 10.1. The fourth-order valence-corrected chi connectivity index (χ4v) is 4.99. The van der Waals surface area contributed by atoms with Crippen molar-refractivity contribution in [2.75, 3.05) is 23.4 Å². The van der Waals surface area contributed by atoms with E-state index in [-0.39, 0.29) is 0 Å². The predicted octanol–water partition coefficient (Wildman–Crippen LogP) is 6.78. The zero-order valence-corrected chi connectivity index (χ0v) is 24.0. The zero-order valence-electron chi connectivity index (χ0n) is 24.0. The van der Waals surface area contributed by atoms with Crippen LogP contribution in [0.4, 0.5) is 16.3 Å². The highest BCUT2D eigenvalue weighted by Gasteiger charge is 2.45. The van der Waals surface area contributed by atoms with Gasteiger partial charge in [0.2, 0.25) is 0 Å². The molecule has 2 aromatic rings. The van der Waals surface area contributed by atoms with Gasteiger partial charge in [-0.05, 0) is 101 Å². The van der Waals surface area contributed by atoms with E-state index in [0.717, 1.165) is 31.4 Å². The highest BCUT2D eigenvalue weighted by Crippen LogP contribution is 2.57. The van der Waals surface area contributed by atoms with Crippen LogP contribution >= 0.6 is 0 Å². The quantitative estimate of drug-likeness (QED) is 0.385.